The van der Waals surface area contributed by atoms with Crippen molar-refractivity contribution in [1.29, 1.82) is 0 Å². The molecule has 1 unspecified atom stereocenters. The van der Waals surface area contributed by atoms with Gasteiger partial charge in [-0.1, -0.05) is 25.5 Å². The first-order valence-electron chi connectivity index (χ1n) is 7.86. The fraction of sp³-hybridized carbons (Fsp3) is 0.647. The van der Waals surface area contributed by atoms with Gasteiger partial charge in [0.05, 0.1) is 0 Å². The Morgan fingerprint density at radius 2 is 1.90 bits per heavy atom. The Kier molecular flexibility index (Phi) is 5.06. The minimum absolute atomic E-state index is 0.174. The largest absolute Gasteiger partial charge is 0.369 e. The number of benzene rings is 1. The molecule has 1 aliphatic heterocycles. The Morgan fingerprint density at radius 1 is 1.20 bits per heavy atom. The van der Waals surface area contributed by atoms with E-state index in [2.05, 4.69) is 54.8 Å². The molecule has 1 aromatic carbocycles. The van der Waals surface area contributed by atoms with Gasteiger partial charge >= 0.3 is 0 Å². The van der Waals surface area contributed by atoms with Gasteiger partial charge in [-0.05, 0) is 38.0 Å². The molecule has 1 aromatic rings. The van der Waals surface area contributed by atoms with Gasteiger partial charge in [-0.15, -0.1) is 0 Å². The highest BCUT2D eigenvalue weighted by molar-refractivity contribution is 5.48. The topological polar surface area (TPSA) is 32.5 Å². The first-order valence-corrected chi connectivity index (χ1v) is 7.86. The highest BCUT2D eigenvalue weighted by Crippen LogP contribution is 2.24. The zero-order valence-electron chi connectivity index (χ0n) is 13.2. The van der Waals surface area contributed by atoms with E-state index in [0.29, 0.717) is 0 Å². The third-order valence-electron chi connectivity index (χ3n) is 4.64. The fourth-order valence-corrected chi connectivity index (χ4v) is 3.26. The van der Waals surface area contributed by atoms with E-state index >= 15 is 0 Å². The van der Waals surface area contributed by atoms with E-state index in [0.717, 1.165) is 32.7 Å². The second-order valence-electron chi connectivity index (χ2n) is 6.26. The summed E-state index contributed by atoms with van der Waals surface area (Å²) >= 11 is 0. The fourth-order valence-electron chi connectivity index (χ4n) is 3.26. The first-order chi connectivity index (χ1) is 9.59. The Labute approximate surface area is 123 Å². The molecule has 1 heterocycles. The van der Waals surface area contributed by atoms with Crippen LogP contribution in [0.2, 0.25) is 0 Å². The maximum absolute atomic E-state index is 6.03. The highest BCUT2D eigenvalue weighted by atomic mass is 15.3. The lowest BCUT2D eigenvalue weighted by atomic mass is 9.93. The molecular formula is C17H29N3. The molecule has 3 heteroatoms. The molecular weight excluding hydrogens is 246 g/mol. The third kappa shape index (κ3) is 3.33. The van der Waals surface area contributed by atoms with Gasteiger partial charge in [-0.2, -0.15) is 0 Å². The van der Waals surface area contributed by atoms with Crippen molar-refractivity contribution in [3.05, 3.63) is 29.8 Å². The molecule has 20 heavy (non-hydrogen) atoms. The molecule has 1 aliphatic rings. The average molecular weight is 275 g/mol. The summed E-state index contributed by atoms with van der Waals surface area (Å²) in [4.78, 5) is 5.08. The van der Waals surface area contributed by atoms with Crippen LogP contribution in [0.5, 0.6) is 0 Å². The van der Waals surface area contributed by atoms with Crippen molar-refractivity contribution in [1.82, 2.24) is 4.90 Å². The van der Waals surface area contributed by atoms with Crippen molar-refractivity contribution in [3.8, 4) is 0 Å². The normalized spacial score (nSPS) is 19.9. The minimum Gasteiger partial charge on any atom is -0.369 e. The SMILES string of the molecule is CCCC(C)(CN)N1CCN(c2cccc(C)c2)CC1. The van der Waals surface area contributed by atoms with E-state index in [1.54, 1.807) is 0 Å². The van der Waals surface area contributed by atoms with Crippen LogP contribution < -0.4 is 10.6 Å². The van der Waals surface area contributed by atoms with Gasteiger partial charge in [0, 0.05) is 44.0 Å². The Bertz CT molecular complexity index is 424. The summed E-state index contributed by atoms with van der Waals surface area (Å²) in [6, 6.07) is 8.81. The zero-order valence-corrected chi connectivity index (χ0v) is 13.2. The van der Waals surface area contributed by atoms with Gasteiger partial charge in [0.2, 0.25) is 0 Å². The summed E-state index contributed by atoms with van der Waals surface area (Å²) in [6.07, 6.45) is 2.39. The van der Waals surface area contributed by atoms with E-state index in [9.17, 15) is 0 Å². The monoisotopic (exact) mass is 275 g/mol. The molecule has 0 saturated carbocycles. The molecule has 0 amide bonds. The van der Waals surface area contributed by atoms with Gasteiger partial charge in [-0.25, -0.2) is 0 Å². The van der Waals surface area contributed by atoms with Crippen molar-refractivity contribution in [3.63, 3.8) is 0 Å². The van der Waals surface area contributed by atoms with Gasteiger partial charge in [0.25, 0.3) is 0 Å². The van der Waals surface area contributed by atoms with Gasteiger partial charge in [-0.3, -0.25) is 4.90 Å². The number of aryl methyl sites for hydroxylation is 1. The number of hydrogen-bond donors (Lipinski definition) is 1. The van der Waals surface area contributed by atoms with Crippen molar-refractivity contribution in [2.75, 3.05) is 37.6 Å². The smallest absolute Gasteiger partial charge is 0.0369 e. The molecule has 0 aliphatic carbocycles. The van der Waals surface area contributed by atoms with Gasteiger partial charge < -0.3 is 10.6 Å². The molecule has 0 aromatic heterocycles. The lowest BCUT2D eigenvalue weighted by Gasteiger charge is -2.46. The van der Waals surface area contributed by atoms with E-state index < -0.39 is 0 Å². The van der Waals surface area contributed by atoms with E-state index in [1.807, 2.05) is 0 Å². The van der Waals surface area contributed by atoms with E-state index in [1.165, 1.54) is 24.1 Å². The summed E-state index contributed by atoms with van der Waals surface area (Å²) in [7, 11) is 0. The second-order valence-corrected chi connectivity index (χ2v) is 6.26. The summed E-state index contributed by atoms with van der Waals surface area (Å²) in [6.45, 7) is 11.9. The van der Waals surface area contributed by atoms with Crippen molar-refractivity contribution < 1.29 is 0 Å². The first kappa shape index (κ1) is 15.3. The predicted octanol–water partition coefficient (Wildman–Crippen LogP) is 2.63. The standard InChI is InChI=1S/C17H29N3/c1-4-8-17(3,14-18)20-11-9-19(10-12-20)16-7-5-6-15(2)13-16/h5-7,13H,4,8-12,14,18H2,1-3H3. The van der Waals surface area contributed by atoms with Crippen LogP contribution in [0.15, 0.2) is 24.3 Å². The lowest BCUT2D eigenvalue weighted by molar-refractivity contribution is 0.0935. The lowest BCUT2D eigenvalue weighted by Crippen LogP contribution is -2.58. The van der Waals surface area contributed by atoms with Crippen LogP contribution in [0.4, 0.5) is 5.69 Å². The van der Waals surface area contributed by atoms with Crippen molar-refractivity contribution in [2.45, 2.75) is 39.2 Å². The summed E-state index contributed by atoms with van der Waals surface area (Å²) in [5.41, 5.74) is 8.90. The highest BCUT2D eigenvalue weighted by Gasteiger charge is 2.32. The molecule has 112 valence electrons. The predicted molar refractivity (Wildman–Crippen MR) is 87.3 cm³/mol. The van der Waals surface area contributed by atoms with Crippen LogP contribution in [0, 0.1) is 6.92 Å². The summed E-state index contributed by atoms with van der Waals surface area (Å²) in [5, 5.41) is 0. The molecule has 3 nitrogen and oxygen atoms in total. The maximum atomic E-state index is 6.03. The van der Waals surface area contributed by atoms with Crippen molar-refractivity contribution >= 4 is 5.69 Å². The van der Waals surface area contributed by atoms with E-state index in [4.69, 9.17) is 5.73 Å². The van der Waals surface area contributed by atoms with Crippen LogP contribution in [-0.4, -0.2) is 43.2 Å². The molecule has 1 saturated heterocycles. The maximum Gasteiger partial charge on any atom is 0.0369 e. The van der Waals surface area contributed by atoms with E-state index in [-0.39, 0.29) is 5.54 Å². The zero-order chi connectivity index (χ0) is 14.6. The van der Waals surface area contributed by atoms with Gasteiger partial charge in [0.15, 0.2) is 0 Å². The van der Waals surface area contributed by atoms with Crippen LogP contribution in [-0.2, 0) is 0 Å². The molecule has 0 spiro atoms. The Hall–Kier alpha value is -1.06. The minimum atomic E-state index is 0.174. The van der Waals surface area contributed by atoms with Gasteiger partial charge in [0.1, 0.15) is 0 Å². The Balaban J connectivity index is 1.98. The number of hydrogen-bond acceptors (Lipinski definition) is 3. The van der Waals surface area contributed by atoms with Crippen LogP contribution >= 0.6 is 0 Å². The molecule has 1 fully saturated rings. The summed E-state index contributed by atoms with van der Waals surface area (Å²) < 4.78 is 0. The average Bonchev–Trinajstić information content (AvgIpc) is 2.47. The Morgan fingerprint density at radius 3 is 2.45 bits per heavy atom. The number of piperazine rings is 1. The number of nitrogens with two attached hydrogens (primary N) is 1. The van der Waals surface area contributed by atoms with Crippen molar-refractivity contribution in [2.24, 2.45) is 5.73 Å². The summed E-state index contributed by atoms with van der Waals surface area (Å²) in [5.74, 6) is 0. The van der Waals surface area contributed by atoms with Crippen LogP contribution in [0.3, 0.4) is 0 Å². The van der Waals surface area contributed by atoms with Crippen LogP contribution in [0.1, 0.15) is 32.3 Å². The number of anilines is 1. The second kappa shape index (κ2) is 6.59. The molecule has 1 atom stereocenters. The molecule has 2 rings (SSSR count). The quantitative estimate of drug-likeness (QED) is 0.896. The van der Waals surface area contributed by atoms with Crippen LogP contribution in [0.25, 0.3) is 0 Å². The number of rotatable bonds is 5. The molecule has 2 N–H and O–H groups in total. The molecule has 0 bridgehead atoms. The number of nitrogens with zero attached hydrogens (tertiary/aromatic N) is 2. The third-order valence-corrected chi connectivity index (χ3v) is 4.64. The molecule has 0 radical (unpaired) electrons.